The molecule has 6 rings (SSSR count). The van der Waals surface area contributed by atoms with Gasteiger partial charge < -0.3 is 18.9 Å². The van der Waals surface area contributed by atoms with Crippen LogP contribution < -0.4 is 9.47 Å². The number of carbonyl (C=O) groups is 4. The smallest absolute Gasteiger partial charge is 0.317 e. The molecule has 4 aromatic rings. The van der Waals surface area contributed by atoms with E-state index < -0.39 is 23.8 Å². The van der Waals surface area contributed by atoms with Gasteiger partial charge in [0.1, 0.15) is 23.3 Å². The molecule has 0 aliphatic heterocycles. The minimum absolute atomic E-state index is 0.198. The van der Waals surface area contributed by atoms with Crippen molar-refractivity contribution in [1.82, 2.24) is 0 Å². The first kappa shape index (κ1) is 43.3. The molecule has 0 fully saturated rings. The van der Waals surface area contributed by atoms with Crippen LogP contribution in [0.25, 0.3) is 11.1 Å². The highest BCUT2D eigenvalue weighted by Gasteiger charge is 2.41. The van der Waals surface area contributed by atoms with E-state index in [0.717, 1.165) is 65.3 Å². The Balaban J connectivity index is 0.000000214. The first-order valence-electron chi connectivity index (χ1n) is 18.8. The third-order valence-electron chi connectivity index (χ3n) is 9.39. The van der Waals surface area contributed by atoms with Crippen LogP contribution in [0, 0.1) is 11.8 Å². The summed E-state index contributed by atoms with van der Waals surface area (Å²) in [6.45, 7) is 9.45. The molecular weight excluding hydrogens is 880 g/mol. The van der Waals surface area contributed by atoms with Gasteiger partial charge in [-0.05, 0) is 153 Å². The number of hydrogen-bond donors (Lipinski definition) is 0. The van der Waals surface area contributed by atoms with Gasteiger partial charge in [0, 0.05) is 30.5 Å². The Hall–Kier alpha value is -3.84. The maximum Gasteiger partial charge on any atom is 0.317 e. The van der Waals surface area contributed by atoms with E-state index in [9.17, 15) is 19.2 Å². The number of allylic oxidation sites excluding steroid dienone is 4. The summed E-state index contributed by atoms with van der Waals surface area (Å²) in [6, 6.07) is 19.3. The van der Waals surface area contributed by atoms with Crippen molar-refractivity contribution in [2.24, 2.45) is 11.8 Å². The molecule has 4 atom stereocenters. The van der Waals surface area contributed by atoms with Gasteiger partial charge in [-0.25, -0.2) is 0 Å². The van der Waals surface area contributed by atoms with Crippen molar-refractivity contribution in [1.29, 1.82) is 0 Å². The van der Waals surface area contributed by atoms with Gasteiger partial charge in [0.25, 0.3) is 0 Å². The molecule has 2 aromatic heterocycles. The van der Waals surface area contributed by atoms with E-state index in [2.05, 4.69) is 45.7 Å². The van der Waals surface area contributed by atoms with Crippen molar-refractivity contribution in [3.05, 3.63) is 113 Å². The lowest BCUT2D eigenvalue weighted by Crippen LogP contribution is -2.33. The van der Waals surface area contributed by atoms with Crippen LogP contribution in [0.2, 0.25) is 0 Å². The number of carbonyl (C=O) groups excluding carboxylic acids is 4. The normalized spacial score (nSPS) is 19.2. The predicted octanol–water partition coefficient (Wildman–Crippen LogP) is 11.2. The van der Waals surface area contributed by atoms with Crippen LogP contribution in [0.15, 0.2) is 92.5 Å². The molecule has 0 N–H and O–H groups in total. The minimum atomic E-state index is -0.815. The maximum absolute atomic E-state index is 12.9. The number of ether oxygens (including phenoxy) is 4. The number of benzene rings is 2. The highest BCUT2D eigenvalue weighted by Crippen LogP contribution is 2.45. The summed E-state index contributed by atoms with van der Waals surface area (Å²) in [5, 5.41) is 3.97. The lowest BCUT2D eigenvalue weighted by Gasteiger charge is -2.29. The van der Waals surface area contributed by atoms with Gasteiger partial charge in [-0.3, -0.25) is 19.2 Å². The van der Waals surface area contributed by atoms with Crippen LogP contribution >= 0.6 is 54.5 Å². The van der Waals surface area contributed by atoms with Crippen LogP contribution in [0.1, 0.15) is 86.1 Å². The summed E-state index contributed by atoms with van der Waals surface area (Å²) >= 11 is 10.3. The SMILES string of the molecule is CCCOc1ccc([C@@H]2CC(c3sccc3Br)=CC(=O)[C@H]2C(=O)OCC)cc1.CCCOc1ccc([C@H]2CC(c3sccc3Br)=CC(=O)[C@@H]2C(=O)OCC)cc1. The molecule has 2 heterocycles. The summed E-state index contributed by atoms with van der Waals surface area (Å²) in [4.78, 5) is 53.0. The topological polar surface area (TPSA) is 105 Å². The molecule has 12 heteroatoms. The average molecular weight is 927 g/mol. The molecule has 2 aromatic carbocycles. The number of esters is 2. The standard InChI is InChI=1S/2C22H23BrO4S/c2*1-3-10-27-16-7-5-14(6-8-16)17-12-15(21-18(23)9-11-28-21)13-19(24)20(17)22(25)26-4-2/h2*5-9,11,13,17,20H,3-4,10,12H2,1-2H3/t2*17-,20-/m10/s1. The maximum atomic E-state index is 12.9. The molecule has 0 spiro atoms. The summed E-state index contributed by atoms with van der Waals surface area (Å²) < 4.78 is 23.7. The average Bonchev–Trinajstić information content (AvgIpc) is 3.83. The van der Waals surface area contributed by atoms with E-state index in [1.54, 1.807) is 48.7 Å². The molecule has 0 radical (unpaired) electrons. The number of rotatable bonds is 14. The van der Waals surface area contributed by atoms with E-state index in [-0.39, 0.29) is 36.6 Å². The Morgan fingerprint density at radius 1 is 0.607 bits per heavy atom. The number of ketones is 2. The van der Waals surface area contributed by atoms with Crippen molar-refractivity contribution in [2.75, 3.05) is 26.4 Å². The molecule has 56 heavy (non-hydrogen) atoms. The van der Waals surface area contributed by atoms with Crippen molar-refractivity contribution >= 4 is 89.2 Å². The van der Waals surface area contributed by atoms with Crippen molar-refractivity contribution in [3.63, 3.8) is 0 Å². The molecule has 0 saturated heterocycles. The molecule has 0 unspecified atom stereocenters. The van der Waals surface area contributed by atoms with E-state index in [1.165, 1.54) is 0 Å². The van der Waals surface area contributed by atoms with Gasteiger partial charge >= 0.3 is 11.9 Å². The van der Waals surface area contributed by atoms with E-state index in [1.807, 2.05) is 71.4 Å². The number of hydrogen-bond acceptors (Lipinski definition) is 10. The Bertz CT molecular complexity index is 1880. The second kappa shape index (κ2) is 21.1. The van der Waals surface area contributed by atoms with Gasteiger partial charge in [0.05, 0.1) is 26.4 Å². The van der Waals surface area contributed by atoms with Crippen molar-refractivity contribution in [3.8, 4) is 11.5 Å². The molecule has 0 bridgehead atoms. The molecule has 2 aliphatic carbocycles. The Labute approximate surface area is 353 Å². The zero-order valence-electron chi connectivity index (χ0n) is 31.9. The molecular formula is C44H46Br2O8S2. The highest BCUT2D eigenvalue weighted by atomic mass is 79.9. The van der Waals surface area contributed by atoms with Gasteiger partial charge in [-0.15, -0.1) is 22.7 Å². The Kier molecular flexibility index (Phi) is 16.3. The van der Waals surface area contributed by atoms with Gasteiger partial charge in [-0.1, -0.05) is 38.1 Å². The first-order valence-corrected chi connectivity index (χ1v) is 22.2. The van der Waals surface area contributed by atoms with Crippen molar-refractivity contribution < 1.29 is 38.1 Å². The fourth-order valence-corrected chi connectivity index (χ4v) is 10.1. The lowest BCUT2D eigenvalue weighted by molar-refractivity contribution is -0.153. The van der Waals surface area contributed by atoms with Crippen LogP contribution in [0.3, 0.4) is 0 Å². The second-order valence-corrected chi connectivity index (χ2v) is 16.8. The first-order chi connectivity index (χ1) is 27.1. The predicted molar refractivity (Wildman–Crippen MR) is 229 cm³/mol. The van der Waals surface area contributed by atoms with E-state index in [4.69, 9.17) is 18.9 Å². The fourth-order valence-electron chi connectivity index (χ4n) is 6.82. The molecule has 296 valence electrons. The third kappa shape index (κ3) is 10.8. The molecule has 0 saturated carbocycles. The fraction of sp³-hybridized carbons (Fsp3) is 0.364. The Morgan fingerprint density at radius 2 is 0.982 bits per heavy atom. The summed E-state index contributed by atoms with van der Waals surface area (Å²) in [6.07, 6.45) is 6.29. The quantitative estimate of drug-likeness (QED) is 0.0909. The zero-order chi connectivity index (χ0) is 40.2. The van der Waals surface area contributed by atoms with Crippen LogP contribution in [0.4, 0.5) is 0 Å². The van der Waals surface area contributed by atoms with Crippen LogP contribution in [-0.2, 0) is 28.7 Å². The molecule has 2 aliphatic rings. The Morgan fingerprint density at radius 3 is 1.29 bits per heavy atom. The highest BCUT2D eigenvalue weighted by molar-refractivity contribution is 9.11. The summed E-state index contributed by atoms with van der Waals surface area (Å²) in [5.74, 6) is -1.88. The molecule has 0 amide bonds. The largest absolute Gasteiger partial charge is 0.494 e. The number of thiophene rings is 2. The summed E-state index contributed by atoms with van der Waals surface area (Å²) in [7, 11) is 0. The molecule has 8 nitrogen and oxygen atoms in total. The van der Waals surface area contributed by atoms with Gasteiger partial charge in [0.15, 0.2) is 11.6 Å². The van der Waals surface area contributed by atoms with Crippen molar-refractivity contribution in [2.45, 2.75) is 65.2 Å². The van der Waals surface area contributed by atoms with Crippen LogP contribution in [-0.4, -0.2) is 49.9 Å². The monoisotopic (exact) mass is 924 g/mol. The van der Waals surface area contributed by atoms with E-state index >= 15 is 0 Å². The van der Waals surface area contributed by atoms with Gasteiger partial charge in [-0.2, -0.15) is 0 Å². The zero-order valence-corrected chi connectivity index (χ0v) is 36.7. The van der Waals surface area contributed by atoms with E-state index in [0.29, 0.717) is 26.1 Å². The summed E-state index contributed by atoms with van der Waals surface area (Å²) in [5.41, 5.74) is 3.77. The lowest BCUT2D eigenvalue weighted by atomic mass is 9.74. The number of halogens is 2. The van der Waals surface area contributed by atoms with Crippen LogP contribution in [0.5, 0.6) is 11.5 Å². The van der Waals surface area contributed by atoms with Gasteiger partial charge in [0.2, 0.25) is 0 Å². The third-order valence-corrected chi connectivity index (χ3v) is 13.2. The second-order valence-electron chi connectivity index (χ2n) is 13.3. The minimum Gasteiger partial charge on any atom is -0.494 e.